The maximum Gasteiger partial charge on any atom is 0.0509 e. The van der Waals surface area contributed by atoms with Crippen molar-refractivity contribution in [2.45, 2.75) is 77.3 Å². The van der Waals surface area contributed by atoms with E-state index in [9.17, 15) is 4.21 Å². The highest BCUT2D eigenvalue weighted by molar-refractivity contribution is 7.86. The van der Waals surface area contributed by atoms with Gasteiger partial charge in [0, 0.05) is 22.1 Å². The zero-order valence-corrected chi connectivity index (χ0v) is 13.8. The van der Waals surface area contributed by atoms with Crippen LogP contribution in [0.3, 0.4) is 0 Å². The maximum atomic E-state index is 12.8. The van der Waals surface area contributed by atoms with Gasteiger partial charge in [0.15, 0.2) is 0 Å². The molecule has 0 aromatic heterocycles. The highest BCUT2D eigenvalue weighted by Gasteiger charge is 2.39. The van der Waals surface area contributed by atoms with Gasteiger partial charge in [0.1, 0.15) is 0 Å². The normalized spacial score (nSPS) is 31.3. The minimum atomic E-state index is -0.722. The Morgan fingerprint density at radius 1 is 1.33 bits per heavy atom. The lowest BCUT2D eigenvalue weighted by Gasteiger charge is -2.41. The summed E-state index contributed by atoms with van der Waals surface area (Å²) in [5, 5.41) is 4.18. The number of rotatable bonds is 5. The van der Waals surface area contributed by atoms with E-state index in [4.69, 9.17) is 0 Å². The SMILES string of the molecule is CCNC1CCC(C)(C)CC1S(=O)C(C)C(C)C. The molecule has 1 aliphatic carbocycles. The van der Waals surface area contributed by atoms with Gasteiger partial charge in [-0.1, -0.05) is 41.5 Å². The lowest BCUT2D eigenvalue weighted by molar-refractivity contribution is 0.212. The zero-order chi connectivity index (χ0) is 13.9. The topological polar surface area (TPSA) is 29.1 Å². The van der Waals surface area contributed by atoms with E-state index in [0.29, 0.717) is 27.9 Å². The Morgan fingerprint density at radius 2 is 1.94 bits per heavy atom. The Morgan fingerprint density at radius 3 is 2.44 bits per heavy atom. The molecule has 2 nitrogen and oxygen atoms in total. The maximum absolute atomic E-state index is 12.8. The first kappa shape index (κ1) is 16.2. The molecule has 0 aliphatic heterocycles. The van der Waals surface area contributed by atoms with E-state index in [0.717, 1.165) is 13.0 Å². The molecule has 18 heavy (non-hydrogen) atoms. The lowest BCUT2D eigenvalue weighted by atomic mass is 9.75. The number of hydrogen-bond donors (Lipinski definition) is 1. The average Bonchev–Trinajstić information content (AvgIpc) is 2.29. The molecule has 0 aromatic carbocycles. The molecule has 0 spiro atoms. The predicted molar refractivity (Wildman–Crippen MR) is 81.3 cm³/mol. The van der Waals surface area contributed by atoms with Crippen molar-refractivity contribution in [2.75, 3.05) is 6.54 Å². The summed E-state index contributed by atoms with van der Waals surface area (Å²) in [7, 11) is -0.722. The first-order valence-corrected chi connectivity index (χ1v) is 8.69. The van der Waals surface area contributed by atoms with Crippen molar-refractivity contribution in [3.63, 3.8) is 0 Å². The average molecular weight is 273 g/mol. The van der Waals surface area contributed by atoms with Crippen LogP contribution < -0.4 is 5.32 Å². The Hall–Kier alpha value is 0.110. The van der Waals surface area contributed by atoms with Crippen LogP contribution in [0.2, 0.25) is 0 Å². The van der Waals surface area contributed by atoms with Gasteiger partial charge >= 0.3 is 0 Å². The summed E-state index contributed by atoms with van der Waals surface area (Å²) in [5.74, 6) is 0.498. The predicted octanol–water partition coefficient (Wildman–Crippen LogP) is 3.34. The van der Waals surface area contributed by atoms with Crippen LogP contribution in [0.5, 0.6) is 0 Å². The van der Waals surface area contributed by atoms with Crippen molar-refractivity contribution in [3.8, 4) is 0 Å². The molecule has 0 heterocycles. The van der Waals surface area contributed by atoms with E-state index < -0.39 is 10.8 Å². The van der Waals surface area contributed by atoms with Crippen molar-refractivity contribution in [1.29, 1.82) is 0 Å². The summed E-state index contributed by atoms with van der Waals surface area (Å²) in [6, 6.07) is 0.449. The van der Waals surface area contributed by atoms with E-state index in [2.05, 4.69) is 46.9 Å². The van der Waals surface area contributed by atoms with Gasteiger partial charge in [0.2, 0.25) is 0 Å². The summed E-state index contributed by atoms with van der Waals surface area (Å²) < 4.78 is 12.8. The minimum Gasteiger partial charge on any atom is -0.313 e. The molecule has 0 aromatic rings. The largest absolute Gasteiger partial charge is 0.313 e. The molecule has 0 bridgehead atoms. The van der Waals surface area contributed by atoms with Gasteiger partial charge in [-0.25, -0.2) is 0 Å². The third-order valence-electron chi connectivity index (χ3n) is 4.40. The minimum absolute atomic E-state index is 0.296. The number of hydrogen-bond acceptors (Lipinski definition) is 2. The molecule has 1 rings (SSSR count). The van der Waals surface area contributed by atoms with Gasteiger partial charge in [0.05, 0.1) is 5.25 Å². The molecule has 1 N–H and O–H groups in total. The van der Waals surface area contributed by atoms with E-state index in [1.807, 2.05) is 0 Å². The van der Waals surface area contributed by atoms with Gasteiger partial charge in [-0.05, 0) is 37.1 Å². The van der Waals surface area contributed by atoms with Crippen molar-refractivity contribution >= 4 is 10.8 Å². The van der Waals surface area contributed by atoms with Crippen LogP contribution in [0.4, 0.5) is 0 Å². The van der Waals surface area contributed by atoms with Crippen molar-refractivity contribution in [2.24, 2.45) is 11.3 Å². The molecule has 1 aliphatic rings. The van der Waals surface area contributed by atoms with Crippen LogP contribution in [-0.4, -0.2) is 27.3 Å². The standard InChI is InChI=1S/C15H31NOS/c1-7-16-13-8-9-15(5,6)10-14(13)18(17)12(4)11(2)3/h11-14,16H,7-10H2,1-6H3. The van der Waals surface area contributed by atoms with E-state index in [1.165, 1.54) is 12.8 Å². The molecule has 0 saturated heterocycles. The summed E-state index contributed by atoms with van der Waals surface area (Å²) in [6.45, 7) is 14.3. The zero-order valence-electron chi connectivity index (χ0n) is 13.0. The van der Waals surface area contributed by atoms with Crippen LogP contribution in [0.15, 0.2) is 0 Å². The quantitative estimate of drug-likeness (QED) is 0.832. The Kier molecular flexibility index (Phi) is 5.85. The van der Waals surface area contributed by atoms with Gasteiger partial charge in [-0.15, -0.1) is 0 Å². The molecule has 3 heteroatoms. The second-order valence-corrected chi connectivity index (χ2v) is 8.89. The van der Waals surface area contributed by atoms with E-state index >= 15 is 0 Å². The monoisotopic (exact) mass is 273 g/mol. The molecule has 1 saturated carbocycles. The van der Waals surface area contributed by atoms with Crippen LogP contribution in [-0.2, 0) is 10.8 Å². The van der Waals surface area contributed by atoms with Crippen LogP contribution in [0.25, 0.3) is 0 Å². The Bertz CT molecular complexity index is 288. The molecular formula is C15H31NOS. The van der Waals surface area contributed by atoms with Gasteiger partial charge < -0.3 is 5.32 Å². The van der Waals surface area contributed by atoms with Crippen molar-refractivity contribution in [3.05, 3.63) is 0 Å². The molecule has 0 radical (unpaired) electrons. The van der Waals surface area contributed by atoms with Gasteiger partial charge in [-0.3, -0.25) is 4.21 Å². The van der Waals surface area contributed by atoms with Crippen molar-refractivity contribution in [1.82, 2.24) is 5.32 Å². The van der Waals surface area contributed by atoms with E-state index in [-0.39, 0.29) is 0 Å². The summed E-state index contributed by atoms with van der Waals surface area (Å²) >= 11 is 0. The van der Waals surface area contributed by atoms with Crippen LogP contribution in [0.1, 0.15) is 60.8 Å². The molecule has 108 valence electrons. The lowest BCUT2D eigenvalue weighted by Crippen LogP contribution is -2.50. The second-order valence-electron chi connectivity index (χ2n) is 6.89. The molecular weight excluding hydrogens is 242 g/mol. The first-order valence-electron chi connectivity index (χ1n) is 7.41. The fourth-order valence-electron chi connectivity index (χ4n) is 2.80. The molecule has 4 atom stereocenters. The van der Waals surface area contributed by atoms with Crippen LogP contribution in [0, 0.1) is 11.3 Å². The van der Waals surface area contributed by atoms with Crippen LogP contribution >= 0.6 is 0 Å². The van der Waals surface area contributed by atoms with Gasteiger partial charge in [0.25, 0.3) is 0 Å². The summed E-state index contributed by atoms with van der Waals surface area (Å²) in [4.78, 5) is 0. The Balaban J connectivity index is 2.81. The molecule has 1 fully saturated rings. The third kappa shape index (κ3) is 4.06. The third-order valence-corrected chi connectivity index (χ3v) is 6.77. The smallest absolute Gasteiger partial charge is 0.0509 e. The van der Waals surface area contributed by atoms with Gasteiger partial charge in [-0.2, -0.15) is 0 Å². The highest BCUT2D eigenvalue weighted by Crippen LogP contribution is 2.38. The Labute approximate surface area is 116 Å². The first-order chi connectivity index (χ1) is 8.28. The summed E-state index contributed by atoms with van der Waals surface area (Å²) in [5.41, 5.74) is 0.350. The highest BCUT2D eigenvalue weighted by atomic mass is 32.2. The van der Waals surface area contributed by atoms with Crippen molar-refractivity contribution < 1.29 is 4.21 Å². The van der Waals surface area contributed by atoms with E-state index in [1.54, 1.807) is 0 Å². The molecule has 0 amide bonds. The summed E-state index contributed by atoms with van der Waals surface area (Å²) in [6.07, 6.45) is 3.50. The fourth-order valence-corrected chi connectivity index (χ4v) is 5.06. The second kappa shape index (κ2) is 6.51. The number of nitrogens with one attached hydrogen (secondary N) is 1. The fraction of sp³-hybridized carbons (Fsp3) is 1.00. The molecule has 4 unspecified atom stereocenters.